The largest absolute Gasteiger partial charge is 0.383 e. The van der Waals surface area contributed by atoms with Crippen molar-refractivity contribution in [2.24, 2.45) is 0 Å². The van der Waals surface area contributed by atoms with E-state index in [1.165, 1.54) is 0 Å². The van der Waals surface area contributed by atoms with E-state index in [0.717, 1.165) is 19.5 Å². The third-order valence-corrected chi connectivity index (χ3v) is 1.45. The lowest BCUT2D eigenvalue weighted by Gasteiger charge is -2.16. The molecule has 0 radical (unpaired) electrons. The fourth-order valence-corrected chi connectivity index (χ4v) is 0.907. The average Bonchev–Trinajstić information content (AvgIpc) is 2.01. The van der Waals surface area contributed by atoms with Crippen molar-refractivity contribution < 1.29 is 4.74 Å². The zero-order valence-corrected chi connectivity index (χ0v) is 7.34. The summed E-state index contributed by atoms with van der Waals surface area (Å²) in [6.45, 7) is 5.17. The van der Waals surface area contributed by atoms with Crippen LogP contribution in [0, 0.1) is 11.3 Å². The van der Waals surface area contributed by atoms with Gasteiger partial charge in [0.25, 0.3) is 0 Å². The topological polar surface area (TPSA) is 36.3 Å². The Morgan fingerprint density at radius 1 is 1.45 bits per heavy atom. The second-order valence-electron chi connectivity index (χ2n) is 2.43. The van der Waals surface area contributed by atoms with Gasteiger partial charge in [0, 0.05) is 13.7 Å². The molecule has 0 amide bonds. The van der Waals surface area contributed by atoms with Gasteiger partial charge >= 0.3 is 0 Å². The highest BCUT2D eigenvalue weighted by Gasteiger charge is 2.00. The summed E-state index contributed by atoms with van der Waals surface area (Å²) < 4.78 is 4.91. The van der Waals surface area contributed by atoms with Crippen molar-refractivity contribution in [3.8, 4) is 6.07 Å². The predicted molar refractivity (Wildman–Crippen MR) is 44.2 cm³/mol. The molecule has 0 aliphatic rings. The van der Waals surface area contributed by atoms with Gasteiger partial charge in [-0.25, -0.2) is 0 Å². The molecule has 0 aromatic heterocycles. The first-order valence-corrected chi connectivity index (χ1v) is 3.93. The van der Waals surface area contributed by atoms with E-state index in [-0.39, 0.29) is 0 Å². The van der Waals surface area contributed by atoms with Crippen LogP contribution in [-0.2, 0) is 4.74 Å². The zero-order chi connectivity index (χ0) is 8.53. The van der Waals surface area contributed by atoms with Crippen LogP contribution in [0.2, 0.25) is 0 Å². The molecular formula is C8H16N2O. The zero-order valence-electron chi connectivity index (χ0n) is 7.34. The molecule has 11 heavy (non-hydrogen) atoms. The maximum absolute atomic E-state index is 8.43. The van der Waals surface area contributed by atoms with Gasteiger partial charge in [-0.05, 0) is 13.0 Å². The molecule has 0 aromatic rings. The van der Waals surface area contributed by atoms with Crippen LogP contribution in [-0.4, -0.2) is 38.3 Å². The fourth-order valence-electron chi connectivity index (χ4n) is 0.907. The summed E-state index contributed by atoms with van der Waals surface area (Å²) in [5.74, 6) is 0. The Balaban J connectivity index is 3.44. The number of ether oxygens (including phenoxy) is 1. The highest BCUT2D eigenvalue weighted by molar-refractivity contribution is 4.75. The maximum atomic E-state index is 8.43. The Hall–Kier alpha value is -0.590. The molecule has 0 saturated heterocycles. The highest BCUT2D eigenvalue weighted by Crippen LogP contribution is 1.89. The molecule has 0 unspecified atom stereocenters. The van der Waals surface area contributed by atoms with Crippen LogP contribution in [0.1, 0.15) is 13.3 Å². The fraction of sp³-hybridized carbons (Fsp3) is 0.875. The molecule has 3 heteroatoms. The summed E-state index contributed by atoms with van der Waals surface area (Å²) in [5.41, 5.74) is 0. The maximum Gasteiger partial charge on any atom is 0.0866 e. The number of hydrogen-bond acceptors (Lipinski definition) is 3. The minimum atomic E-state index is 0.511. The van der Waals surface area contributed by atoms with Crippen molar-refractivity contribution in [2.45, 2.75) is 13.3 Å². The average molecular weight is 156 g/mol. The third-order valence-electron chi connectivity index (χ3n) is 1.45. The molecular weight excluding hydrogens is 140 g/mol. The summed E-state index contributed by atoms with van der Waals surface area (Å²) in [6, 6.07) is 2.13. The van der Waals surface area contributed by atoms with Crippen LogP contribution in [0.4, 0.5) is 0 Å². The van der Waals surface area contributed by atoms with E-state index in [1.54, 1.807) is 7.11 Å². The van der Waals surface area contributed by atoms with E-state index in [4.69, 9.17) is 10.00 Å². The van der Waals surface area contributed by atoms with Gasteiger partial charge in [-0.2, -0.15) is 5.26 Å². The van der Waals surface area contributed by atoms with Crippen molar-refractivity contribution in [3.05, 3.63) is 0 Å². The third kappa shape index (κ3) is 5.84. The lowest BCUT2D eigenvalue weighted by molar-refractivity contribution is 0.155. The first-order chi connectivity index (χ1) is 5.35. The minimum absolute atomic E-state index is 0.511. The van der Waals surface area contributed by atoms with Crippen LogP contribution in [0.5, 0.6) is 0 Å². The van der Waals surface area contributed by atoms with Crippen molar-refractivity contribution in [1.82, 2.24) is 4.90 Å². The van der Waals surface area contributed by atoms with E-state index >= 15 is 0 Å². The smallest absolute Gasteiger partial charge is 0.0866 e. The van der Waals surface area contributed by atoms with Gasteiger partial charge in [-0.1, -0.05) is 6.92 Å². The highest BCUT2D eigenvalue weighted by atomic mass is 16.5. The first kappa shape index (κ1) is 10.4. The predicted octanol–water partition coefficient (Wildman–Crippen LogP) is 0.868. The van der Waals surface area contributed by atoms with E-state index in [9.17, 15) is 0 Å². The molecule has 0 saturated carbocycles. The van der Waals surface area contributed by atoms with E-state index in [2.05, 4.69) is 17.9 Å². The second-order valence-corrected chi connectivity index (χ2v) is 2.43. The normalized spacial score (nSPS) is 10.0. The van der Waals surface area contributed by atoms with E-state index in [1.807, 2.05) is 0 Å². The monoisotopic (exact) mass is 156 g/mol. The minimum Gasteiger partial charge on any atom is -0.383 e. The molecule has 0 heterocycles. The Kier molecular flexibility index (Phi) is 7.11. The first-order valence-electron chi connectivity index (χ1n) is 3.93. The van der Waals surface area contributed by atoms with Crippen molar-refractivity contribution in [2.75, 3.05) is 33.4 Å². The molecule has 0 aliphatic carbocycles. The molecule has 64 valence electrons. The Morgan fingerprint density at radius 2 is 2.18 bits per heavy atom. The number of methoxy groups -OCH3 is 1. The Labute approximate surface area is 68.6 Å². The van der Waals surface area contributed by atoms with Crippen LogP contribution >= 0.6 is 0 Å². The number of hydrogen-bond donors (Lipinski definition) is 0. The molecule has 0 rings (SSSR count). The molecule has 0 aromatic carbocycles. The Bertz CT molecular complexity index is 120. The number of nitriles is 1. The van der Waals surface area contributed by atoms with Crippen LogP contribution in [0.15, 0.2) is 0 Å². The van der Waals surface area contributed by atoms with Gasteiger partial charge in [0.2, 0.25) is 0 Å². The van der Waals surface area contributed by atoms with Gasteiger partial charge in [0.15, 0.2) is 0 Å². The van der Waals surface area contributed by atoms with E-state index < -0.39 is 0 Å². The van der Waals surface area contributed by atoms with Crippen molar-refractivity contribution >= 4 is 0 Å². The molecule has 0 fully saturated rings. The second kappa shape index (κ2) is 7.52. The van der Waals surface area contributed by atoms with Crippen molar-refractivity contribution in [3.63, 3.8) is 0 Å². The quantitative estimate of drug-likeness (QED) is 0.535. The Morgan fingerprint density at radius 3 is 2.64 bits per heavy atom. The molecule has 3 nitrogen and oxygen atoms in total. The summed E-state index contributed by atoms with van der Waals surface area (Å²) in [5, 5.41) is 8.43. The summed E-state index contributed by atoms with van der Waals surface area (Å²) in [6.07, 6.45) is 1.09. The molecule has 0 atom stereocenters. The number of nitrogens with zero attached hydrogens (tertiary/aromatic N) is 2. The van der Waals surface area contributed by atoms with E-state index in [0.29, 0.717) is 13.2 Å². The van der Waals surface area contributed by atoms with Crippen LogP contribution in [0.25, 0.3) is 0 Å². The van der Waals surface area contributed by atoms with Gasteiger partial charge < -0.3 is 4.74 Å². The SMILES string of the molecule is CCCN(CC#N)CCOC. The number of rotatable bonds is 6. The summed E-state index contributed by atoms with van der Waals surface area (Å²) >= 11 is 0. The molecule has 0 bridgehead atoms. The lowest BCUT2D eigenvalue weighted by atomic mass is 10.4. The van der Waals surface area contributed by atoms with Gasteiger partial charge in [0.05, 0.1) is 19.2 Å². The van der Waals surface area contributed by atoms with Gasteiger partial charge in [0.1, 0.15) is 0 Å². The molecule has 0 N–H and O–H groups in total. The summed E-state index contributed by atoms with van der Waals surface area (Å²) in [7, 11) is 1.68. The molecule has 0 spiro atoms. The van der Waals surface area contributed by atoms with Gasteiger partial charge in [-0.15, -0.1) is 0 Å². The summed E-state index contributed by atoms with van der Waals surface area (Å²) in [4.78, 5) is 2.09. The van der Waals surface area contributed by atoms with Crippen LogP contribution < -0.4 is 0 Å². The lowest BCUT2D eigenvalue weighted by Crippen LogP contribution is -2.28. The molecule has 0 aliphatic heterocycles. The van der Waals surface area contributed by atoms with Crippen molar-refractivity contribution in [1.29, 1.82) is 5.26 Å². The standard InChI is InChI=1S/C8H16N2O/c1-3-5-10(6-4-9)7-8-11-2/h3,5-8H2,1-2H3. The van der Waals surface area contributed by atoms with Crippen LogP contribution in [0.3, 0.4) is 0 Å². The van der Waals surface area contributed by atoms with Gasteiger partial charge in [-0.3, -0.25) is 4.90 Å².